The van der Waals surface area contributed by atoms with Gasteiger partial charge in [-0.05, 0) is 44.7 Å². The summed E-state index contributed by atoms with van der Waals surface area (Å²) in [5.74, 6) is 0.683. The Labute approximate surface area is 139 Å². The predicted octanol–water partition coefficient (Wildman–Crippen LogP) is 3.37. The van der Waals surface area contributed by atoms with Gasteiger partial charge in [0.2, 0.25) is 5.91 Å². The minimum atomic E-state index is 0.0526. The molecule has 4 heteroatoms. The number of halogens is 1. The van der Waals surface area contributed by atoms with E-state index >= 15 is 0 Å². The van der Waals surface area contributed by atoms with Crippen LogP contribution >= 0.6 is 11.6 Å². The Kier molecular flexibility index (Phi) is 6.71. The van der Waals surface area contributed by atoms with Crippen molar-refractivity contribution in [1.29, 1.82) is 0 Å². The molecule has 0 N–H and O–H groups in total. The fourth-order valence-electron chi connectivity index (χ4n) is 3.24. The fraction of sp³-hybridized carbons (Fsp3) is 0.611. The highest BCUT2D eigenvalue weighted by atomic mass is 35.5. The maximum absolute atomic E-state index is 12.0. The largest absolute Gasteiger partial charge is 0.339 e. The van der Waals surface area contributed by atoms with Crippen molar-refractivity contribution < 1.29 is 4.79 Å². The van der Waals surface area contributed by atoms with Crippen LogP contribution in [-0.4, -0.2) is 47.3 Å². The van der Waals surface area contributed by atoms with Crippen LogP contribution in [0.1, 0.15) is 32.3 Å². The number of piperidine rings is 1. The zero-order valence-corrected chi connectivity index (χ0v) is 14.4. The Bertz CT molecular complexity index is 463. The summed E-state index contributed by atoms with van der Waals surface area (Å²) in [7, 11) is 0. The number of likely N-dealkylation sites (tertiary alicyclic amines) is 1. The topological polar surface area (TPSA) is 23.6 Å². The van der Waals surface area contributed by atoms with Gasteiger partial charge in [0.25, 0.3) is 0 Å². The summed E-state index contributed by atoms with van der Waals surface area (Å²) in [5.41, 5.74) is 1.36. The quantitative estimate of drug-likeness (QED) is 0.750. The Morgan fingerprint density at radius 2 is 2.09 bits per heavy atom. The van der Waals surface area contributed by atoms with Gasteiger partial charge >= 0.3 is 0 Å². The van der Waals surface area contributed by atoms with Gasteiger partial charge in [-0.1, -0.05) is 30.3 Å². The Hall–Kier alpha value is -1.06. The number of nitrogens with zero attached hydrogens (tertiary/aromatic N) is 2. The zero-order valence-electron chi connectivity index (χ0n) is 13.7. The molecule has 1 aliphatic rings. The van der Waals surface area contributed by atoms with E-state index in [0.29, 0.717) is 5.92 Å². The molecule has 0 bridgehead atoms. The first-order valence-electron chi connectivity index (χ1n) is 8.22. The zero-order chi connectivity index (χ0) is 15.9. The van der Waals surface area contributed by atoms with Gasteiger partial charge in [-0.25, -0.2) is 0 Å². The van der Waals surface area contributed by atoms with Crippen molar-refractivity contribution in [3.63, 3.8) is 0 Å². The van der Waals surface area contributed by atoms with Crippen LogP contribution in [0.15, 0.2) is 30.3 Å². The molecule has 0 spiro atoms. The van der Waals surface area contributed by atoms with Crippen molar-refractivity contribution in [2.45, 2.75) is 39.3 Å². The average molecular weight is 323 g/mol. The normalized spacial score (nSPS) is 19.4. The lowest BCUT2D eigenvalue weighted by Gasteiger charge is -2.37. The number of benzene rings is 1. The summed E-state index contributed by atoms with van der Waals surface area (Å²) in [6, 6.07) is 10.8. The summed E-state index contributed by atoms with van der Waals surface area (Å²) in [5, 5.41) is 0. The molecular weight excluding hydrogens is 296 g/mol. The van der Waals surface area contributed by atoms with Crippen molar-refractivity contribution in [2.75, 3.05) is 25.5 Å². The number of alkyl halides is 1. The summed E-state index contributed by atoms with van der Waals surface area (Å²) in [4.78, 5) is 16.4. The molecule has 1 amide bonds. The van der Waals surface area contributed by atoms with E-state index in [1.807, 2.05) is 4.90 Å². The Morgan fingerprint density at radius 1 is 1.36 bits per heavy atom. The van der Waals surface area contributed by atoms with Crippen LogP contribution in [0.4, 0.5) is 0 Å². The number of carbonyl (C=O) groups is 1. The molecule has 1 aromatic carbocycles. The summed E-state index contributed by atoms with van der Waals surface area (Å²) >= 11 is 5.74. The van der Waals surface area contributed by atoms with Crippen molar-refractivity contribution in [3.8, 4) is 0 Å². The summed E-state index contributed by atoms with van der Waals surface area (Å²) in [6.07, 6.45) is 2.41. The molecule has 3 nitrogen and oxygen atoms in total. The maximum Gasteiger partial charge on any atom is 0.237 e. The van der Waals surface area contributed by atoms with Gasteiger partial charge in [0.1, 0.15) is 5.88 Å². The van der Waals surface area contributed by atoms with Crippen molar-refractivity contribution in [3.05, 3.63) is 35.9 Å². The van der Waals surface area contributed by atoms with Crippen molar-refractivity contribution in [1.82, 2.24) is 9.80 Å². The lowest BCUT2D eigenvalue weighted by Crippen LogP contribution is -2.45. The van der Waals surface area contributed by atoms with Crippen LogP contribution in [0.3, 0.4) is 0 Å². The van der Waals surface area contributed by atoms with E-state index in [1.54, 1.807) is 0 Å². The molecular formula is C18H27ClN2O. The number of amides is 1. The highest BCUT2D eigenvalue weighted by Gasteiger charge is 2.25. The van der Waals surface area contributed by atoms with Gasteiger partial charge in [-0.3, -0.25) is 9.69 Å². The highest BCUT2D eigenvalue weighted by molar-refractivity contribution is 6.27. The highest BCUT2D eigenvalue weighted by Crippen LogP contribution is 2.20. The van der Waals surface area contributed by atoms with Gasteiger partial charge in [-0.2, -0.15) is 0 Å². The first kappa shape index (κ1) is 17.3. The number of rotatable bonds is 6. The second-order valence-electron chi connectivity index (χ2n) is 6.50. The standard InChI is InChI=1S/C18H27ClN2O/c1-15(2)21(18(22)11-19)14-17-9-6-10-20(13-17)12-16-7-4-3-5-8-16/h3-5,7-8,15,17H,6,9-14H2,1-2H3/t17-/m1/s1. The third-order valence-corrected chi connectivity index (χ3v) is 4.59. The van der Waals surface area contributed by atoms with Crippen LogP contribution in [-0.2, 0) is 11.3 Å². The SMILES string of the molecule is CC(C)N(C[C@@H]1CCCN(Cc2ccccc2)C1)C(=O)CCl. The van der Waals surface area contributed by atoms with E-state index in [9.17, 15) is 4.79 Å². The molecule has 1 aliphatic heterocycles. The Balaban J connectivity index is 1.91. The molecule has 0 unspecified atom stereocenters. The first-order valence-corrected chi connectivity index (χ1v) is 8.75. The Morgan fingerprint density at radius 3 is 2.73 bits per heavy atom. The molecule has 1 heterocycles. The molecule has 2 rings (SSSR count). The fourth-order valence-corrected chi connectivity index (χ4v) is 3.39. The number of hydrogen-bond acceptors (Lipinski definition) is 2. The van der Waals surface area contributed by atoms with E-state index in [0.717, 1.165) is 26.2 Å². The van der Waals surface area contributed by atoms with Crippen LogP contribution in [0.5, 0.6) is 0 Å². The van der Waals surface area contributed by atoms with Gasteiger partial charge in [0.15, 0.2) is 0 Å². The van der Waals surface area contributed by atoms with E-state index in [1.165, 1.54) is 18.4 Å². The maximum atomic E-state index is 12.0. The lowest BCUT2D eigenvalue weighted by atomic mass is 9.96. The summed E-state index contributed by atoms with van der Waals surface area (Å²) < 4.78 is 0. The first-order chi connectivity index (χ1) is 10.6. The molecule has 0 aliphatic carbocycles. The van der Waals surface area contributed by atoms with E-state index < -0.39 is 0 Å². The van der Waals surface area contributed by atoms with E-state index in [2.05, 4.69) is 49.1 Å². The van der Waals surface area contributed by atoms with Crippen LogP contribution < -0.4 is 0 Å². The molecule has 1 fully saturated rings. The molecule has 22 heavy (non-hydrogen) atoms. The molecule has 1 saturated heterocycles. The van der Waals surface area contributed by atoms with E-state index in [-0.39, 0.29) is 17.8 Å². The second-order valence-corrected chi connectivity index (χ2v) is 6.77. The average Bonchev–Trinajstić information content (AvgIpc) is 2.53. The third kappa shape index (κ3) is 4.99. The van der Waals surface area contributed by atoms with Gasteiger partial charge in [0.05, 0.1) is 0 Å². The smallest absolute Gasteiger partial charge is 0.237 e. The minimum Gasteiger partial charge on any atom is -0.339 e. The second kappa shape index (κ2) is 8.54. The van der Waals surface area contributed by atoms with Crippen molar-refractivity contribution >= 4 is 17.5 Å². The third-order valence-electron chi connectivity index (χ3n) is 4.37. The van der Waals surface area contributed by atoms with Gasteiger partial charge < -0.3 is 4.90 Å². The minimum absolute atomic E-state index is 0.0526. The monoisotopic (exact) mass is 322 g/mol. The summed E-state index contributed by atoms with van der Waals surface area (Å²) in [6.45, 7) is 8.17. The molecule has 1 atom stereocenters. The molecule has 0 radical (unpaired) electrons. The lowest BCUT2D eigenvalue weighted by molar-refractivity contribution is -0.131. The van der Waals surface area contributed by atoms with Gasteiger partial charge in [-0.15, -0.1) is 11.6 Å². The molecule has 0 saturated carbocycles. The molecule has 1 aromatic rings. The van der Waals surface area contributed by atoms with Gasteiger partial charge in [0, 0.05) is 25.7 Å². The predicted molar refractivity (Wildman–Crippen MR) is 92.0 cm³/mol. The van der Waals surface area contributed by atoms with Crippen LogP contribution in [0.2, 0.25) is 0 Å². The van der Waals surface area contributed by atoms with E-state index in [4.69, 9.17) is 11.6 Å². The number of hydrogen-bond donors (Lipinski definition) is 0. The van der Waals surface area contributed by atoms with Crippen LogP contribution in [0, 0.1) is 5.92 Å². The van der Waals surface area contributed by atoms with Crippen LogP contribution in [0.25, 0.3) is 0 Å². The van der Waals surface area contributed by atoms with Crippen molar-refractivity contribution in [2.24, 2.45) is 5.92 Å². The molecule has 122 valence electrons. The number of carbonyl (C=O) groups excluding carboxylic acids is 1. The molecule has 0 aromatic heterocycles.